The Morgan fingerprint density at radius 2 is 2.25 bits per heavy atom. The van der Waals surface area contributed by atoms with Crippen LogP contribution >= 0.6 is 0 Å². The van der Waals surface area contributed by atoms with E-state index in [1.54, 1.807) is 6.92 Å². The van der Waals surface area contributed by atoms with E-state index < -0.39 is 0 Å². The fraction of sp³-hybridized carbons (Fsp3) is 0.500. The lowest BCUT2D eigenvalue weighted by molar-refractivity contribution is -0.142. The molecule has 0 radical (unpaired) electrons. The van der Waals surface area contributed by atoms with Gasteiger partial charge in [0.1, 0.15) is 6.10 Å². The second kappa shape index (κ2) is 3.57. The molecular formula is C10H14O2. The normalized spacial score (nSPS) is 27.2. The third-order valence-corrected chi connectivity index (χ3v) is 1.87. The minimum absolute atomic E-state index is 0.0378. The number of allylic oxidation sites excluding steroid dienone is 1. The minimum atomic E-state index is -0.293. The number of esters is 1. The Morgan fingerprint density at radius 1 is 1.58 bits per heavy atom. The van der Waals surface area contributed by atoms with Gasteiger partial charge in [-0.3, -0.25) is 0 Å². The van der Waals surface area contributed by atoms with Gasteiger partial charge in [0.15, 0.2) is 0 Å². The van der Waals surface area contributed by atoms with Gasteiger partial charge in [-0.25, -0.2) is 4.79 Å². The van der Waals surface area contributed by atoms with Crippen LogP contribution in [0, 0.1) is 5.92 Å². The number of hydrogen-bond acceptors (Lipinski definition) is 2. The van der Waals surface area contributed by atoms with Gasteiger partial charge >= 0.3 is 5.97 Å². The van der Waals surface area contributed by atoms with Crippen molar-refractivity contribution in [3.8, 4) is 0 Å². The Bertz CT molecular complexity index is 228. The van der Waals surface area contributed by atoms with E-state index >= 15 is 0 Å². The smallest absolute Gasteiger partial charge is 0.333 e. The fourth-order valence-electron chi connectivity index (χ4n) is 1.16. The Balaban J connectivity index is 2.39. The molecular weight excluding hydrogens is 152 g/mol. The van der Waals surface area contributed by atoms with Gasteiger partial charge in [-0.15, -0.1) is 0 Å². The van der Waals surface area contributed by atoms with Crippen LogP contribution in [0.25, 0.3) is 0 Å². The first-order valence-electron chi connectivity index (χ1n) is 4.14. The molecule has 0 heterocycles. The van der Waals surface area contributed by atoms with Crippen LogP contribution in [-0.4, -0.2) is 12.1 Å². The van der Waals surface area contributed by atoms with Crippen molar-refractivity contribution in [2.45, 2.75) is 26.4 Å². The van der Waals surface area contributed by atoms with Crippen molar-refractivity contribution < 1.29 is 9.53 Å². The largest absolute Gasteiger partial charge is 0.455 e. The lowest BCUT2D eigenvalue weighted by atomic mass is 10.1. The number of rotatable bonds is 2. The predicted molar refractivity (Wildman–Crippen MR) is 47.6 cm³/mol. The molecule has 0 N–H and O–H groups in total. The third kappa shape index (κ3) is 2.22. The second-order valence-corrected chi connectivity index (χ2v) is 3.32. The van der Waals surface area contributed by atoms with E-state index in [0.29, 0.717) is 11.5 Å². The topological polar surface area (TPSA) is 26.3 Å². The SMILES string of the molecule is C=C(C)C(=O)OC1C=CC(C)C1. The summed E-state index contributed by atoms with van der Waals surface area (Å²) in [7, 11) is 0. The Kier molecular flexibility index (Phi) is 2.69. The zero-order chi connectivity index (χ0) is 9.14. The first-order valence-corrected chi connectivity index (χ1v) is 4.14. The summed E-state index contributed by atoms with van der Waals surface area (Å²) < 4.78 is 5.12. The quantitative estimate of drug-likeness (QED) is 0.356. The van der Waals surface area contributed by atoms with Crippen molar-refractivity contribution in [3.05, 3.63) is 24.3 Å². The fourth-order valence-corrected chi connectivity index (χ4v) is 1.16. The van der Waals surface area contributed by atoms with Gasteiger partial charge in [-0.2, -0.15) is 0 Å². The average Bonchev–Trinajstić information content (AvgIpc) is 2.35. The Hall–Kier alpha value is -1.05. The summed E-state index contributed by atoms with van der Waals surface area (Å²) in [5.74, 6) is 0.228. The standard InChI is InChI=1S/C10H14O2/c1-7(2)10(11)12-9-5-4-8(3)6-9/h4-5,8-9H,1,6H2,2-3H3. The molecule has 1 aliphatic carbocycles. The van der Waals surface area contributed by atoms with Crippen LogP contribution in [0.1, 0.15) is 20.3 Å². The summed E-state index contributed by atoms with van der Waals surface area (Å²) in [6.07, 6.45) is 4.87. The maximum atomic E-state index is 11.0. The van der Waals surface area contributed by atoms with Crippen molar-refractivity contribution in [2.75, 3.05) is 0 Å². The van der Waals surface area contributed by atoms with Crippen molar-refractivity contribution in [1.29, 1.82) is 0 Å². The summed E-state index contributed by atoms with van der Waals surface area (Å²) in [6, 6.07) is 0. The van der Waals surface area contributed by atoms with Crippen LogP contribution in [0.3, 0.4) is 0 Å². The second-order valence-electron chi connectivity index (χ2n) is 3.32. The van der Waals surface area contributed by atoms with Crippen molar-refractivity contribution in [2.24, 2.45) is 5.92 Å². The third-order valence-electron chi connectivity index (χ3n) is 1.87. The van der Waals surface area contributed by atoms with Gasteiger partial charge in [0.2, 0.25) is 0 Å². The molecule has 0 aliphatic heterocycles. The summed E-state index contributed by atoms with van der Waals surface area (Å²) in [6.45, 7) is 7.28. The van der Waals surface area contributed by atoms with Crippen LogP contribution in [-0.2, 0) is 9.53 Å². The van der Waals surface area contributed by atoms with E-state index in [2.05, 4.69) is 19.6 Å². The van der Waals surface area contributed by atoms with Gasteiger partial charge in [0.05, 0.1) is 0 Å². The molecule has 0 amide bonds. The highest BCUT2D eigenvalue weighted by atomic mass is 16.5. The van der Waals surface area contributed by atoms with Gasteiger partial charge in [-0.1, -0.05) is 19.6 Å². The van der Waals surface area contributed by atoms with Crippen LogP contribution in [0.4, 0.5) is 0 Å². The van der Waals surface area contributed by atoms with E-state index in [4.69, 9.17) is 4.74 Å². The first kappa shape index (κ1) is 9.04. The van der Waals surface area contributed by atoms with E-state index in [1.165, 1.54) is 0 Å². The zero-order valence-corrected chi connectivity index (χ0v) is 7.54. The average molecular weight is 166 g/mol. The molecule has 2 heteroatoms. The van der Waals surface area contributed by atoms with Crippen molar-refractivity contribution in [1.82, 2.24) is 0 Å². The highest BCUT2D eigenvalue weighted by Gasteiger charge is 2.18. The maximum absolute atomic E-state index is 11.0. The summed E-state index contributed by atoms with van der Waals surface area (Å²) >= 11 is 0. The van der Waals surface area contributed by atoms with E-state index in [9.17, 15) is 4.79 Å². The Morgan fingerprint density at radius 3 is 2.67 bits per heavy atom. The van der Waals surface area contributed by atoms with E-state index in [0.717, 1.165) is 6.42 Å². The molecule has 12 heavy (non-hydrogen) atoms. The molecule has 0 fully saturated rings. The molecule has 2 atom stereocenters. The maximum Gasteiger partial charge on any atom is 0.333 e. The zero-order valence-electron chi connectivity index (χ0n) is 7.54. The lowest BCUT2D eigenvalue weighted by Crippen LogP contribution is -2.15. The molecule has 0 bridgehead atoms. The molecule has 0 spiro atoms. The van der Waals surface area contributed by atoms with Crippen LogP contribution in [0.15, 0.2) is 24.3 Å². The number of hydrogen-bond donors (Lipinski definition) is 0. The van der Waals surface area contributed by atoms with Crippen LogP contribution in [0.5, 0.6) is 0 Å². The number of carbonyl (C=O) groups is 1. The van der Waals surface area contributed by atoms with Gasteiger partial charge in [0, 0.05) is 5.57 Å². The molecule has 0 saturated heterocycles. The summed E-state index contributed by atoms with van der Waals surface area (Å²) in [5.41, 5.74) is 0.461. The monoisotopic (exact) mass is 166 g/mol. The van der Waals surface area contributed by atoms with Crippen LogP contribution in [0.2, 0.25) is 0 Å². The highest BCUT2D eigenvalue weighted by molar-refractivity contribution is 5.87. The molecule has 0 aromatic carbocycles. The molecule has 0 aromatic heterocycles. The molecule has 66 valence electrons. The van der Waals surface area contributed by atoms with Gasteiger partial charge < -0.3 is 4.74 Å². The van der Waals surface area contributed by atoms with Crippen LogP contribution < -0.4 is 0 Å². The molecule has 0 saturated carbocycles. The van der Waals surface area contributed by atoms with Crippen molar-refractivity contribution >= 4 is 5.97 Å². The minimum Gasteiger partial charge on any atom is -0.455 e. The van der Waals surface area contributed by atoms with Crippen molar-refractivity contribution in [3.63, 3.8) is 0 Å². The van der Waals surface area contributed by atoms with E-state index in [-0.39, 0.29) is 12.1 Å². The van der Waals surface area contributed by atoms with Gasteiger partial charge in [0.25, 0.3) is 0 Å². The number of ether oxygens (including phenoxy) is 1. The highest BCUT2D eigenvalue weighted by Crippen LogP contribution is 2.20. The lowest BCUT2D eigenvalue weighted by Gasteiger charge is -2.10. The molecule has 2 nitrogen and oxygen atoms in total. The number of carbonyl (C=O) groups excluding carboxylic acids is 1. The van der Waals surface area contributed by atoms with E-state index in [1.807, 2.05) is 6.08 Å². The summed E-state index contributed by atoms with van der Waals surface area (Å²) in [4.78, 5) is 11.0. The Labute approximate surface area is 72.9 Å². The molecule has 1 aliphatic rings. The van der Waals surface area contributed by atoms with Gasteiger partial charge in [-0.05, 0) is 25.3 Å². The molecule has 1 rings (SSSR count). The summed E-state index contributed by atoms with van der Waals surface area (Å²) in [5, 5.41) is 0. The molecule has 2 unspecified atom stereocenters. The first-order chi connectivity index (χ1) is 5.59. The predicted octanol–water partition coefficient (Wildman–Crippen LogP) is 2.07. The molecule has 0 aromatic rings.